The van der Waals surface area contributed by atoms with Gasteiger partial charge in [-0.25, -0.2) is 4.98 Å². The van der Waals surface area contributed by atoms with E-state index in [4.69, 9.17) is 4.98 Å². The van der Waals surface area contributed by atoms with Crippen LogP contribution in [0.4, 0.5) is 5.82 Å². The minimum Gasteiger partial charge on any atom is -0.357 e. The summed E-state index contributed by atoms with van der Waals surface area (Å²) in [6.07, 6.45) is 7.34. The maximum absolute atomic E-state index is 5.00. The number of aromatic nitrogens is 1. The van der Waals surface area contributed by atoms with E-state index in [1.54, 1.807) is 0 Å². The molecule has 0 unspecified atom stereocenters. The summed E-state index contributed by atoms with van der Waals surface area (Å²) in [6.45, 7) is 8.82. The Balaban J connectivity index is 1.89. The number of piperidine rings is 1. The maximum atomic E-state index is 5.00. The SMILES string of the molecule is C=C1CCc2ccc(N3CCCCC3)nc2[C@@H](C)C1. The molecule has 3 rings (SSSR count). The minimum absolute atomic E-state index is 0.523. The molecule has 0 aromatic carbocycles. The van der Waals surface area contributed by atoms with Crippen molar-refractivity contribution in [3.8, 4) is 0 Å². The highest BCUT2D eigenvalue weighted by Gasteiger charge is 2.20. The van der Waals surface area contributed by atoms with Gasteiger partial charge in [-0.05, 0) is 50.2 Å². The van der Waals surface area contributed by atoms with E-state index >= 15 is 0 Å². The van der Waals surface area contributed by atoms with E-state index in [0.29, 0.717) is 5.92 Å². The van der Waals surface area contributed by atoms with E-state index in [9.17, 15) is 0 Å². The average molecular weight is 256 g/mol. The van der Waals surface area contributed by atoms with E-state index < -0.39 is 0 Å². The van der Waals surface area contributed by atoms with Crippen LogP contribution in [0, 0.1) is 0 Å². The second-order valence-corrected chi connectivity index (χ2v) is 6.12. The highest BCUT2D eigenvalue weighted by molar-refractivity contribution is 5.44. The first-order valence-electron chi connectivity index (χ1n) is 7.65. The number of aryl methyl sites for hydroxylation is 1. The molecule has 0 radical (unpaired) electrons. The number of anilines is 1. The Kier molecular flexibility index (Phi) is 3.58. The van der Waals surface area contributed by atoms with Crippen molar-refractivity contribution in [2.45, 2.75) is 51.4 Å². The van der Waals surface area contributed by atoms with Crippen molar-refractivity contribution in [3.05, 3.63) is 35.5 Å². The number of pyridine rings is 1. The fourth-order valence-electron chi connectivity index (χ4n) is 3.37. The van der Waals surface area contributed by atoms with E-state index in [2.05, 4.69) is 30.5 Å². The van der Waals surface area contributed by atoms with Crippen LogP contribution in [0.2, 0.25) is 0 Å². The monoisotopic (exact) mass is 256 g/mol. The zero-order valence-electron chi connectivity index (χ0n) is 12.0. The maximum Gasteiger partial charge on any atom is 0.128 e. The minimum atomic E-state index is 0.523. The van der Waals surface area contributed by atoms with Gasteiger partial charge in [-0.15, -0.1) is 0 Å². The van der Waals surface area contributed by atoms with Gasteiger partial charge in [0.15, 0.2) is 0 Å². The molecule has 1 aromatic heterocycles. The fraction of sp³-hybridized carbons (Fsp3) is 0.588. The average Bonchev–Trinajstić information content (AvgIpc) is 2.59. The molecule has 1 atom stereocenters. The van der Waals surface area contributed by atoms with E-state index in [1.165, 1.54) is 55.0 Å². The molecule has 2 heteroatoms. The summed E-state index contributed by atoms with van der Waals surface area (Å²) >= 11 is 0. The number of allylic oxidation sites excluding steroid dienone is 1. The Bertz CT molecular complexity index is 472. The van der Waals surface area contributed by atoms with Gasteiger partial charge in [0.25, 0.3) is 0 Å². The molecular formula is C17H24N2. The van der Waals surface area contributed by atoms with Gasteiger partial charge >= 0.3 is 0 Å². The first kappa shape index (κ1) is 12.7. The van der Waals surface area contributed by atoms with Gasteiger partial charge in [0.1, 0.15) is 5.82 Å². The van der Waals surface area contributed by atoms with E-state index in [1.807, 2.05) is 0 Å². The second-order valence-electron chi connectivity index (χ2n) is 6.12. The van der Waals surface area contributed by atoms with Crippen molar-refractivity contribution in [2.24, 2.45) is 0 Å². The Labute approximate surface area is 116 Å². The third-order valence-electron chi connectivity index (χ3n) is 4.49. The van der Waals surface area contributed by atoms with Crippen molar-refractivity contribution in [3.63, 3.8) is 0 Å². The van der Waals surface area contributed by atoms with E-state index in [0.717, 1.165) is 19.3 Å². The summed E-state index contributed by atoms with van der Waals surface area (Å²) in [5.74, 6) is 1.72. The van der Waals surface area contributed by atoms with Crippen LogP contribution < -0.4 is 4.90 Å². The molecule has 1 saturated heterocycles. The van der Waals surface area contributed by atoms with E-state index in [-0.39, 0.29) is 0 Å². The highest BCUT2D eigenvalue weighted by Crippen LogP contribution is 2.32. The van der Waals surface area contributed by atoms with Gasteiger partial charge in [0.05, 0.1) is 0 Å². The quantitative estimate of drug-likeness (QED) is 0.556. The predicted molar refractivity (Wildman–Crippen MR) is 80.8 cm³/mol. The van der Waals surface area contributed by atoms with Crippen LogP contribution in [0.25, 0.3) is 0 Å². The molecule has 0 spiro atoms. The predicted octanol–water partition coefficient (Wildman–Crippen LogP) is 4.07. The molecule has 102 valence electrons. The first-order valence-corrected chi connectivity index (χ1v) is 7.65. The number of hydrogen-bond donors (Lipinski definition) is 0. The van der Waals surface area contributed by atoms with Crippen molar-refractivity contribution in [2.75, 3.05) is 18.0 Å². The number of rotatable bonds is 1. The number of hydrogen-bond acceptors (Lipinski definition) is 2. The van der Waals surface area contributed by atoms with Gasteiger partial charge in [-0.3, -0.25) is 0 Å². The molecule has 2 nitrogen and oxygen atoms in total. The van der Waals surface area contributed by atoms with Crippen molar-refractivity contribution in [1.82, 2.24) is 4.98 Å². The lowest BCUT2D eigenvalue weighted by Crippen LogP contribution is -2.30. The molecule has 1 aliphatic heterocycles. The zero-order valence-corrected chi connectivity index (χ0v) is 12.0. The van der Waals surface area contributed by atoms with Gasteiger partial charge < -0.3 is 4.90 Å². The molecule has 0 saturated carbocycles. The van der Waals surface area contributed by atoms with Crippen LogP contribution in [0.5, 0.6) is 0 Å². The molecule has 0 amide bonds. The molecule has 1 fully saturated rings. The molecule has 1 aromatic rings. The van der Waals surface area contributed by atoms with Crippen molar-refractivity contribution >= 4 is 5.82 Å². The van der Waals surface area contributed by atoms with Gasteiger partial charge in [-0.1, -0.05) is 25.1 Å². The lowest BCUT2D eigenvalue weighted by molar-refractivity contribution is 0.571. The van der Waals surface area contributed by atoms with Crippen LogP contribution in [0.1, 0.15) is 56.2 Å². The van der Waals surface area contributed by atoms with Gasteiger partial charge in [0, 0.05) is 24.7 Å². The topological polar surface area (TPSA) is 16.1 Å². The summed E-state index contributed by atoms with van der Waals surface area (Å²) in [5, 5.41) is 0. The smallest absolute Gasteiger partial charge is 0.128 e. The largest absolute Gasteiger partial charge is 0.357 e. The number of fused-ring (bicyclic) bond motifs is 1. The Morgan fingerprint density at radius 2 is 1.95 bits per heavy atom. The van der Waals surface area contributed by atoms with Gasteiger partial charge in [-0.2, -0.15) is 0 Å². The lowest BCUT2D eigenvalue weighted by atomic mass is 9.99. The fourth-order valence-corrected chi connectivity index (χ4v) is 3.37. The molecular weight excluding hydrogens is 232 g/mol. The zero-order chi connectivity index (χ0) is 13.2. The molecule has 19 heavy (non-hydrogen) atoms. The van der Waals surface area contributed by atoms with Crippen LogP contribution >= 0.6 is 0 Å². The van der Waals surface area contributed by atoms with Crippen LogP contribution in [-0.2, 0) is 6.42 Å². The summed E-state index contributed by atoms with van der Waals surface area (Å²) in [7, 11) is 0. The third kappa shape index (κ3) is 2.68. The molecule has 2 aliphatic rings. The normalized spacial score (nSPS) is 23.9. The second kappa shape index (κ2) is 5.36. The highest BCUT2D eigenvalue weighted by atomic mass is 15.2. The lowest BCUT2D eigenvalue weighted by Gasteiger charge is -2.28. The summed E-state index contributed by atoms with van der Waals surface area (Å²) in [6, 6.07) is 4.53. The molecule has 2 heterocycles. The Morgan fingerprint density at radius 1 is 1.16 bits per heavy atom. The van der Waals surface area contributed by atoms with Crippen LogP contribution in [0.3, 0.4) is 0 Å². The summed E-state index contributed by atoms with van der Waals surface area (Å²) < 4.78 is 0. The summed E-state index contributed by atoms with van der Waals surface area (Å²) in [5.41, 5.74) is 4.14. The number of nitrogens with zero attached hydrogens (tertiary/aromatic N) is 2. The summed E-state index contributed by atoms with van der Waals surface area (Å²) in [4.78, 5) is 7.45. The third-order valence-corrected chi connectivity index (χ3v) is 4.49. The molecule has 0 bridgehead atoms. The van der Waals surface area contributed by atoms with Crippen molar-refractivity contribution < 1.29 is 0 Å². The Hall–Kier alpha value is -1.31. The standard InChI is InChI=1S/C17H24N2/c1-13-6-7-15-8-9-16(18-17(15)14(2)12-13)19-10-4-3-5-11-19/h8-9,14H,1,3-7,10-12H2,2H3/t14-/m0/s1. The Morgan fingerprint density at radius 3 is 2.74 bits per heavy atom. The van der Waals surface area contributed by atoms with Crippen LogP contribution in [0.15, 0.2) is 24.3 Å². The van der Waals surface area contributed by atoms with Crippen molar-refractivity contribution in [1.29, 1.82) is 0 Å². The first-order chi connectivity index (χ1) is 9.24. The molecule has 1 aliphatic carbocycles. The molecule has 0 N–H and O–H groups in total. The van der Waals surface area contributed by atoms with Crippen LogP contribution in [-0.4, -0.2) is 18.1 Å². The van der Waals surface area contributed by atoms with Gasteiger partial charge in [0.2, 0.25) is 0 Å².